The van der Waals surface area contributed by atoms with Crippen molar-refractivity contribution in [1.29, 1.82) is 5.26 Å². The molecule has 196 valence electrons. The first-order chi connectivity index (χ1) is 17.8. The minimum absolute atomic E-state index is 0.0929. The topological polar surface area (TPSA) is 171 Å². The zero-order valence-corrected chi connectivity index (χ0v) is 20.8. The van der Waals surface area contributed by atoms with Crippen molar-refractivity contribution in [2.24, 2.45) is 10.7 Å². The molecule has 37 heavy (non-hydrogen) atoms. The minimum atomic E-state index is -0.508. The highest BCUT2D eigenvalue weighted by atomic mass is 16.6. The van der Waals surface area contributed by atoms with E-state index in [-0.39, 0.29) is 29.2 Å². The fourth-order valence-corrected chi connectivity index (χ4v) is 4.15. The van der Waals surface area contributed by atoms with Crippen LogP contribution < -0.4 is 11.1 Å². The Balaban J connectivity index is 0.000000247. The molecule has 12 heteroatoms. The van der Waals surface area contributed by atoms with E-state index in [4.69, 9.17) is 15.4 Å². The summed E-state index contributed by atoms with van der Waals surface area (Å²) in [6.45, 7) is 4.34. The van der Waals surface area contributed by atoms with E-state index < -0.39 is 4.92 Å². The van der Waals surface area contributed by atoms with Crippen molar-refractivity contribution in [3.05, 3.63) is 34.1 Å². The van der Waals surface area contributed by atoms with Crippen molar-refractivity contribution >= 4 is 40.1 Å². The highest BCUT2D eigenvalue weighted by molar-refractivity contribution is 5.92. The largest absolute Gasteiger partial charge is 0.454 e. The summed E-state index contributed by atoms with van der Waals surface area (Å²) < 4.78 is 5.28. The van der Waals surface area contributed by atoms with Crippen LogP contribution in [0.3, 0.4) is 0 Å². The van der Waals surface area contributed by atoms with Gasteiger partial charge in [-0.05, 0) is 43.9 Å². The van der Waals surface area contributed by atoms with Crippen LogP contribution in [0.15, 0.2) is 27.6 Å². The van der Waals surface area contributed by atoms with Gasteiger partial charge in [0, 0.05) is 33.0 Å². The number of aliphatic imine (C=N–C) groups is 1. The molecule has 2 aromatic rings. The van der Waals surface area contributed by atoms with E-state index in [9.17, 15) is 19.7 Å². The number of benzene rings is 1. The second kappa shape index (κ2) is 14.1. The fraction of sp³-hybridized carbons (Fsp3) is 0.440. The summed E-state index contributed by atoms with van der Waals surface area (Å²) in [7, 11) is 0. The molecular formula is C25H31N7O5. The Kier molecular flexibility index (Phi) is 10.9. The normalized spacial score (nSPS) is 15.5. The lowest BCUT2D eigenvalue weighted by molar-refractivity contribution is -0.384. The van der Waals surface area contributed by atoms with Gasteiger partial charge in [-0.15, -0.1) is 12.8 Å². The SMILES string of the molecule is C#C.Cc1oc2ccc(N=C(N)NC#N)cc2c1[N+](=O)[O-].O=C(CN1CCCCCC1=O)N1CCCC1. The number of hydrogen-bond donors (Lipinski definition) is 2. The Morgan fingerprint density at radius 1 is 1.24 bits per heavy atom. The molecule has 0 radical (unpaired) electrons. The van der Waals surface area contributed by atoms with Gasteiger partial charge in [-0.2, -0.15) is 5.26 Å². The van der Waals surface area contributed by atoms with Crippen LogP contribution in [0.5, 0.6) is 0 Å². The number of guanidine groups is 1. The molecule has 2 saturated heterocycles. The molecule has 0 spiro atoms. The number of fused-ring (bicyclic) bond motifs is 1. The molecule has 2 aliphatic rings. The van der Waals surface area contributed by atoms with Gasteiger partial charge in [-0.25, -0.2) is 4.99 Å². The maximum atomic E-state index is 11.9. The van der Waals surface area contributed by atoms with Gasteiger partial charge in [-0.1, -0.05) is 6.42 Å². The molecule has 0 unspecified atom stereocenters. The Morgan fingerprint density at radius 3 is 2.57 bits per heavy atom. The van der Waals surface area contributed by atoms with Crippen LogP contribution in [0.25, 0.3) is 11.0 Å². The first-order valence-corrected chi connectivity index (χ1v) is 11.9. The molecule has 12 nitrogen and oxygen atoms in total. The zero-order valence-electron chi connectivity index (χ0n) is 20.8. The summed E-state index contributed by atoms with van der Waals surface area (Å²) in [5.74, 6) is 0.423. The van der Waals surface area contributed by atoms with Gasteiger partial charge in [0.15, 0.2) is 12.0 Å². The number of amides is 2. The van der Waals surface area contributed by atoms with Crippen molar-refractivity contribution in [3.8, 4) is 19.0 Å². The van der Waals surface area contributed by atoms with Crippen molar-refractivity contribution in [2.75, 3.05) is 26.2 Å². The number of nitrogens with two attached hydrogens (primary N) is 1. The van der Waals surface area contributed by atoms with E-state index in [1.165, 1.54) is 13.0 Å². The lowest BCUT2D eigenvalue weighted by Crippen LogP contribution is -2.41. The summed E-state index contributed by atoms with van der Waals surface area (Å²) in [6, 6.07) is 4.63. The third kappa shape index (κ3) is 7.97. The molecule has 0 atom stereocenters. The monoisotopic (exact) mass is 509 g/mol. The maximum Gasteiger partial charge on any atom is 0.317 e. The third-order valence-corrected chi connectivity index (χ3v) is 5.89. The molecule has 2 aliphatic heterocycles. The van der Waals surface area contributed by atoms with Gasteiger partial charge in [0.25, 0.3) is 0 Å². The van der Waals surface area contributed by atoms with Gasteiger partial charge in [0.05, 0.1) is 17.2 Å². The summed E-state index contributed by atoms with van der Waals surface area (Å²) in [4.78, 5) is 41.6. The molecule has 0 bridgehead atoms. The van der Waals surface area contributed by atoms with Crippen LogP contribution in [0.4, 0.5) is 11.4 Å². The Hall–Kier alpha value is -4.58. The molecule has 0 aliphatic carbocycles. The van der Waals surface area contributed by atoms with Gasteiger partial charge in [0.1, 0.15) is 11.0 Å². The molecule has 4 rings (SSSR count). The number of likely N-dealkylation sites (tertiary alicyclic amines) is 2. The van der Waals surface area contributed by atoms with Gasteiger partial charge < -0.3 is 20.0 Å². The number of nitro groups is 1. The van der Waals surface area contributed by atoms with Crippen LogP contribution in [0, 0.1) is 41.3 Å². The second-order valence-electron chi connectivity index (χ2n) is 8.39. The van der Waals surface area contributed by atoms with Crippen LogP contribution in [-0.2, 0) is 9.59 Å². The number of nitrogens with zero attached hydrogens (tertiary/aromatic N) is 5. The minimum Gasteiger partial charge on any atom is -0.454 e. The predicted molar refractivity (Wildman–Crippen MR) is 138 cm³/mol. The van der Waals surface area contributed by atoms with E-state index in [0.717, 1.165) is 51.7 Å². The van der Waals surface area contributed by atoms with Crippen molar-refractivity contribution < 1.29 is 18.9 Å². The van der Waals surface area contributed by atoms with E-state index in [2.05, 4.69) is 23.2 Å². The smallest absolute Gasteiger partial charge is 0.317 e. The number of rotatable bonds is 4. The van der Waals surface area contributed by atoms with E-state index in [1.54, 1.807) is 23.2 Å². The standard InChI is InChI=1S/C12H20N2O2.C11H9N5O3.C2H2/c15-11-6-2-1-3-9-14(11)10-12(16)13-7-4-5-8-13;1-6-10(16(17)18)8-4-7(2-3-9(8)19-6)15-11(13)14-5-12;1-2/h1-10H2;2-4H,1H3,(H3,13,14,15);1-2H. The molecule has 3 N–H and O–H groups in total. The fourth-order valence-electron chi connectivity index (χ4n) is 4.15. The summed E-state index contributed by atoms with van der Waals surface area (Å²) in [5.41, 5.74) is 6.11. The number of carbonyl (C=O) groups is 2. The Bertz CT molecular complexity index is 1210. The van der Waals surface area contributed by atoms with Crippen LogP contribution in [0.2, 0.25) is 0 Å². The van der Waals surface area contributed by atoms with Crippen LogP contribution in [0.1, 0.15) is 44.3 Å². The van der Waals surface area contributed by atoms with E-state index in [1.807, 2.05) is 4.90 Å². The van der Waals surface area contributed by atoms with E-state index in [0.29, 0.717) is 29.6 Å². The summed E-state index contributed by atoms with van der Waals surface area (Å²) in [5, 5.41) is 21.8. The number of nitriles is 1. The highest BCUT2D eigenvalue weighted by Crippen LogP contribution is 2.34. The quantitative estimate of drug-likeness (QED) is 0.120. The average molecular weight is 510 g/mol. The Morgan fingerprint density at radius 2 is 1.92 bits per heavy atom. The molecule has 3 heterocycles. The average Bonchev–Trinajstić information content (AvgIpc) is 3.47. The van der Waals surface area contributed by atoms with Crippen molar-refractivity contribution in [1.82, 2.24) is 15.1 Å². The van der Waals surface area contributed by atoms with Gasteiger partial charge >= 0.3 is 5.69 Å². The van der Waals surface area contributed by atoms with Gasteiger partial charge in [0.2, 0.25) is 17.8 Å². The molecule has 1 aromatic heterocycles. The molecule has 2 fully saturated rings. The summed E-state index contributed by atoms with van der Waals surface area (Å²) >= 11 is 0. The number of hydrogen-bond acceptors (Lipinski definition) is 7. The number of terminal acetylenes is 1. The maximum absolute atomic E-state index is 11.9. The first-order valence-electron chi connectivity index (χ1n) is 11.9. The molecule has 0 saturated carbocycles. The van der Waals surface area contributed by atoms with Crippen LogP contribution >= 0.6 is 0 Å². The lowest BCUT2D eigenvalue weighted by atomic mass is 10.2. The van der Waals surface area contributed by atoms with Gasteiger partial charge in [-0.3, -0.25) is 25.0 Å². The number of carbonyl (C=O) groups excluding carboxylic acids is 2. The molecule has 1 aromatic carbocycles. The predicted octanol–water partition coefficient (Wildman–Crippen LogP) is 2.93. The number of nitrogens with one attached hydrogen (secondary N) is 1. The third-order valence-electron chi connectivity index (χ3n) is 5.89. The summed E-state index contributed by atoms with van der Waals surface area (Å²) in [6.07, 6.45) is 15.6. The number of furan rings is 1. The Labute approximate surface area is 215 Å². The van der Waals surface area contributed by atoms with Crippen molar-refractivity contribution in [2.45, 2.75) is 45.4 Å². The van der Waals surface area contributed by atoms with Crippen LogP contribution in [-0.4, -0.2) is 58.7 Å². The second-order valence-corrected chi connectivity index (χ2v) is 8.39. The molecule has 2 amide bonds. The van der Waals surface area contributed by atoms with E-state index >= 15 is 0 Å². The van der Waals surface area contributed by atoms with Crippen molar-refractivity contribution in [3.63, 3.8) is 0 Å². The number of aryl methyl sites for hydroxylation is 1. The zero-order chi connectivity index (χ0) is 27.4. The first kappa shape index (κ1) is 28.7. The lowest BCUT2D eigenvalue weighted by Gasteiger charge is -2.23. The molecular weight excluding hydrogens is 478 g/mol. The highest BCUT2D eigenvalue weighted by Gasteiger charge is 2.24.